The van der Waals surface area contributed by atoms with E-state index in [4.69, 9.17) is 4.74 Å². The van der Waals surface area contributed by atoms with E-state index in [2.05, 4.69) is 20.8 Å². The zero-order valence-electron chi connectivity index (χ0n) is 12.2. The molecule has 0 spiro atoms. The van der Waals surface area contributed by atoms with Gasteiger partial charge in [0.05, 0.1) is 11.0 Å². The smallest absolute Gasteiger partial charge is 0.198 e. The lowest BCUT2D eigenvalue weighted by Crippen LogP contribution is -2.28. The van der Waals surface area contributed by atoms with E-state index in [-0.39, 0.29) is 18.5 Å². The molecule has 106 valence electrons. The van der Waals surface area contributed by atoms with Crippen molar-refractivity contribution in [1.82, 2.24) is 0 Å². The number of Topliss-reactive ketones (excluding diaryl/α,β-unsaturated/α-hetero) is 1. The Morgan fingerprint density at radius 2 is 2.05 bits per heavy atom. The molecular weight excluding hydrogens is 256 g/mol. The number of ketones is 1. The molecule has 1 aromatic rings. The molecule has 1 aliphatic carbocycles. The maximum Gasteiger partial charge on any atom is 0.198 e. The average Bonchev–Trinajstić information content (AvgIpc) is 2.86. The highest BCUT2D eigenvalue weighted by Crippen LogP contribution is 2.36. The Morgan fingerprint density at radius 3 is 2.63 bits per heavy atom. The van der Waals surface area contributed by atoms with Gasteiger partial charge in [0.15, 0.2) is 5.78 Å². The lowest BCUT2D eigenvalue weighted by atomic mass is 9.76. The summed E-state index contributed by atoms with van der Waals surface area (Å²) in [5.74, 6) is 0.134. The highest BCUT2D eigenvalue weighted by Gasteiger charge is 2.27. The topological polar surface area (TPSA) is 26.3 Å². The summed E-state index contributed by atoms with van der Waals surface area (Å²) in [6, 6.07) is 3.97. The summed E-state index contributed by atoms with van der Waals surface area (Å²) >= 11 is 1.60. The minimum absolute atomic E-state index is 0.134. The Balaban J connectivity index is 1.78. The van der Waals surface area contributed by atoms with E-state index in [0.717, 1.165) is 24.1 Å². The minimum Gasteiger partial charge on any atom is -0.370 e. The van der Waals surface area contributed by atoms with Crippen molar-refractivity contribution in [3.05, 3.63) is 21.9 Å². The molecule has 1 aromatic heterocycles. The van der Waals surface area contributed by atoms with E-state index in [1.807, 2.05) is 12.1 Å². The van der Waals surface area contributed by atoms with E-state index in [1.54, 1.807) is 11.3 Å². The zero-order chi connectivity index (χ0) is 13.9. The molecule has 1 fully saturated rings. The fraction of sp³-hybridized carbons (Fsp3) is 0.688. The van der Waals surface area contributed by atoms with Crippen LogP contribution in [0.1, 0.15) is 61.0 Å². The van der Waals surface area contributed by atoms with Crippen molar-refractivity contribution in [3.8, 4) is 0 Å². The van der Waals surface area contributed by atoms with Crippen LogP contribution in [0.5, 0.6) is 0 Å². The fourth-order valence-electron chi connectivity index (χ4n) is 2.52. The molecule has 2 rings (SSSR count). The van der Waals surface area contributed by atoms with Crippen LogP contribution in [-0.2, 0) is 11.2 Å². The Morgan fingerprint density at radius 1 is 1.37 bits per heavy atom. The molecule has 3 heteroatoms. The largest absolute Gasteiger partial charge is 0.370 e. The van der Waals surface area contributed by atoms with Crippen molar-refractivity contribution in [2.45, 2.75) is 59.0 Å². The second-order valence-corrected chi connectivity index (χ2v) is 7.39. The maximum atomic E-state index is 12.0. The van der Waals surface area contributed by atoms with Gasteiger partial charge in [-0.2, -0.15) is 0 Å². The number of aryl methyl sites for hydroxylation is 1. The normalized spacial score (nSPS) is 19.5. The number of carbonyl (C=O) groups is 1. The first-order valence-electron chi connectivity index (χ1n) is 7.24. The molecule has 1 saturated carbocycles. The Bertz CT molecular complexity index is 424. The van der Waals surface area contributed by atoms with E-state index >= 15 is 0 Å². The minimum atomic E-state index is 0.134. The van der Waals surface area contributed by atoms with Gasteiger partial charge in [0.25, 0.3) is 0 Å². The standard InChI is InChI=1S/C16H24O2S/c1-4-13-5-6-15(19-13)14(17)11-18-12-7-9-16(2,3)10-8-12/h5-6,12H,4,7-11H2,1-3H3. The van der Waals surface area contributed by atoms with Crippen molar-refractivity contribution < 1.29 is 9.53 Å². The second kappa shape index (κ2) is 6.19. The van der Waals surface area contributed by atoms with Crippen LogP contribution in [-0.4, -0.2) is 18.5 Å². The van der Waals surface area contributed by atoms with Crippen LogP contribution < -0.4 is 0 Å². The second-order valence-electron chi connectivity index (χ2n) is 6.22. The molecule has 0 aliphatic heterocycles. The maximum absolute atomic E-state index is 12.0. The Kier molecular flexibility index (Phi) is 4.80. The molecule has 0 amide bonds. The predicted molar refractivity (Wildman–Crippen MR) is 80.0 cm³/mol. The summed E-state index contributed by atoms with van der Waals surface area (Å²) in [5, 5.41) is 0. The van der Waals surface area contributed by atoms with Gasteiger partial charge in [-0.05, 0) is 49.7 Å². The lowest BCUT2D eigenvalue weighted by Gasteiger charge is -2.33. The summed E-state index contributed by atoms with van der Waals surface area (Å²) in [5.41, 5.74) is 0.452. The van der Waals surface area contributed by atoms with Crippen molar-refractivity contribution in [2.24, 2.45) is 5.41 Å². The molecule has 1 heterocycles. The van der Waals surface area contributed by atoms with Crippen LogP contribution in [0.25, 0.3) is 0 Å². The molecule has 2 nitrogen and oxygen atoms in total. The number of hydrogen-bond acceptors (Lipinski definition) is 3. The van der Waals surface area contributed by atoms with Crippen LogP contribution in [0, 0.1) is 5.41 Å². The van der Waals surface area contributed by atoms with Crippen molar-refractivity contribution in [3.63, 3.8) is 0 Å². The lowest BCUT2D eigenvalue weighted by molar-refractivity contribution is 0.00877. The Hall–Kier alpha value is -0.670. The van der Waals surface area contributed by atoms with Crippen LogP contribution in [0.3, 0.4) is 0 Å². The van der Waals surface area contributed by atoms with Gasteiger partial charge in [-0.25, -0.2) is 0 Å². The van der Waals surface area contributed by atoms with E-state index < -0.39 is 0 Å². The van der Waals surface area contributed by atoms with Gasteiger partial charge in [0, 0.05) is 4.88 Å². The molecule has 1 aliphatic rings. The van der Waals surface area contributed by atoms with Gasteiger partial charge in [0.1, 0.15) is 6.61 Å². The third kappa shape index (κ3) is 4.15. The molecule has 19 heavy (non-hydrogen) atoms. The van der Waals surface area contributed by atoms with Crippen LogP contribution in [0.15, 0.2) is 12.1 Å². The van der Waals surface area contributed by atoms with Gasteiger partial charge in [-0.1, -0.05) is 20.8 Å². The number of rotatable bonds is 5. The summed E-state index contributed by atoms with van der Waals surface area (Å²) in [7, 11) is 0. The average molecular weight is 280 g/mol. The third-order valence-electron chi connectivity index (χ3n) is 4.02. The van der Waals surface area contributed by atoms with Gasteiger partial charge in [0.2, 0.25) is 0 Å². The van der Waals surface area contributed by atoms with E-state index in [0.29, 0.717) is 5.41 Å². The number of thiophene rings is 1. The highest BCUT2D eigenvalue weighted by atomic mass is 32.1. The first kappa shape index (κ1) is 14.7. The Labute approximate surface area is 120 Å². The molecular formula is C16H24O2S. The fourth-order valence-corrected chi connectivity index (χ4v) is 3.39. The first-order chi connectivity index (χ1) is 9.00. The van der Waals surface area contributed by atoms with Gasteiger partial charge >= 0.3 is 0 Å². The first-order valence-corrected chi connectivity index (χ1v) is 8.05. The monoisotopic (exact) mass is 280 g/mol. The predicted octanol–water partition coefficient (Wildman–Crippen LogP) is 4.48. The third-order valence-corrected chi connectivity index (χ3v) is 5.29. The van der Waals surface area contributed by atoms with Crippen molar-refractivity contribution in [1.29, 1.82) is 0 Å². The quantitative estimate of drug-likeness (QED) is 0.743. The summed E-state index contributed by atoms with van der Waals surface area (Å²) < 4.78 is 5.79. The van der Waals surface area contributed by atoms with Crippen LogP contribution in [0.4, 0.5) is 0 Å². The summed E-state index contributed by atoms with van der Waals surface area (Å²) in [4.78, 5) is 14.1. The number of ether oxygens (including phenoxy) is 1. The van der Waals surface area contributed by atoms with Crippen LogP contribution >= 0.6 is 11.3 Å². The van der Waals surface area contributed by atoms with E-state index in [1.165, 1.54) is 17.7 Å². The molecule has 0 atom stereocenters. The molecule has 0 saturated heterocycles. The van der Waals surface area contributed by atoms with Crippen molar-refractivity contribution in [2.75, 3.05) is 6.61 Å². The molecule has 0 aromatic carbocycles. The molecule has 0 N–H and O–H groups in total. The van der Waals surface area contributed by atoms with Crippen LogP contribution in [0.2, 0.25) is 0 Å². The van der Waals surface area contributed by atoms with E-state index in [9.17, 15) is 4.79 Å². The van der Waals surface area contributed by atoms with Gasteiger partial charge in [-0.15, -0.1) is 11.3 Å². The number of carbonyl (C=O) groups excluding carboxylic acids is 1. The molecule has 0 unspecified atom stereocenters. The highest BCUT2D eigenvalue weighted by molar-refractivity contribution is 7.14. The summed E-state index contributed by atoms with van der Waals surface area (Å²) in [6.07, 6.45) is 5.85. The summed E-state index contributed by atoms with van der Waals surface area (Å²) in [6.45, 7) is 6.98. The SMILES string of the molecule is CCc1ccc(C(=O)COC2CCC(C)(C)CC2)s1. The number of hydrogen-bond donors (Lipinski definition) is 0. The zero-order valence-corrected chi connectivity index (χ0v) is 13.0. The van der Waals surface area contributed by atoms with Gasteiger partial charge in [-0.3, -0.25) is 4.79 Å². The van der Waals surface area contributed by atoms with Gasteiger partial charge < -0.3 is 4.74 Å². The van der Waals surface area contributed by atoms with Crippen molar-refractivity contribution >= 4 is 17.1 Å². The molecule has 0 bridgehead atoms. The molecule has 0 radical (unpaired) electrons.